The smallest absolute Gasteiger partial charge is 0.259 e. The minimum Gasteiger partial charge on any atom is -0.497 e. The lowest BCUT2D eigenvalue weighted by molar-refractivity contribution is 0.102. The number of aromatic amines is 1. The third kappa shape index (κ3) is 4.15. The molecule has 1 saturated carbocycles. The second kappa shape index (κ2) is 8.83. The molecule has 1 aliphatic carbocycles. The highest BCUT2D eigenvalue weighted by Gasteiger charge is 2.23. The summed E-state index contributed by atoms with van der Waals surface area (Å²) >= 11 is 0. The van der Waals surface area contributed by atoms with Crippen molar-refractivity contribution < 1.29 is 14.3 Å². The molecule has 1 amide bonds. The van der Waals surface area contributed by atoms with Gasteiger partial charge in [-0.3, -0.25) is 15.2 Å². The van der Waals surface area contributed by atoms with Crippen LogP contribution >= 0.6 is 0 Å². The fourth-order valence-corrected chi connectivity index (χ4v) is 4.51. The van der Waals surface area contributed by atoms with E-state index in [4.69, 9.17) is 9.47 Å². The quantitative estimate of drug-likeness (QED) is 0.601. The summed E-state index contributed by atoms with van der Waals surface area (Å²) in [5, 5.41) is 9.86. The number of nitrogens with zero attached hydrogens (tertiary/aromatic N) is 3. The van der Waals surface area contributed by atoms with Gasteiger partial charge in [-0.25, -0.2) is 0 Å². The number of carbonyl (C=O) groups is 1. The van der Waals surface area contributed by atoms with Crippen LogP contribution in [-0.4, -0.2) is 39.9 Å². The molecule has 0 unspecified atom stereocenters. The predicted molar refractivity (Wildman–Crippen MR) is 119 cm³/mol. The molecular weight excluding hydrogens is 394 g/mol. The van der Waals surface area contributed by atoms with Gasteiger partial charge in [0.1, 0.15) is 11.5 Å². The van der Waals surface area contributed by atoms with Gasteiger partial charge in [0, 0.05) is 23.5 Å². The largest absolute Gasteiger partial charge is 0.497 e. The van der Waals surface area contributed by atoms with Crippen LogP contribution in [-0.2, 0) is 0 Å². The Kier molecular flexibility index (Phi) is 5.97. The molecule has 8 heteroatoms. The summed E-state index contributed by atoms with van der Waals surface area (Å²) in [7, 11) is 3.18. The minimum absolute atomic E-state index is 0.206. The van der Waals surface area contributed by atoms with Gasteiger partial charge in [0.25, 0.3) is 5.91 Å². The number of hydrogen-bond acceptors (Lipinski definition) is 5. The van der Waals surface area contributed by atoms with E-state index in [1.807, 2.05) is 25.1 Å². The maximum atomic E-state index is 13.0. The molecule has 0 atom stereocenters. The molecule has 4 rings (SSSR count). The van der Waals surface area contributed by atoms with E-state index in [1.54, 1.807) is 20.3 Å². The molecule has 3 aromatic rings. The summed E-state index contributed by atoms with van der Waals surface area (Å²) in [5.74, 6) is 1.80. The third-order valence-electron chi connectivity index (χ3n) is 6.04. The van der Waals surface area contributed by atoms with Crippen LogP contribution in [0, 0.1) is 13.8 Å². The SMILES string of the molecule is COc1ccc(-c2nc(NC(=O)c3cc(C)n(C4CCCCC4)c3C)n[nH]2)c(OC)c1. The van der Waals surface area contributed by atoms with Crippen molar-refractivity contribution in [2.45, 2.75) is 52.0 Å². The van der Waals surface area contributed by atoms with Crippen molar-refractivity contribution in [1.82, 2.24) is 19.7 Å². The van der Waals surface area contributed by atoms with Gasteiger partial charge >= 0.3 is 0 Å². The number of H-pyrrole nitrogens is 1. The highest BCUT2D eigenvalue weighted by molar-refractivity contribution is 6.04. The first-order chi connectivity index (χ1) is 15.0. The molecule has 0 radical (unpaired) electrons. The lowest BCUT2D eigenvalue weighted by atomic mass is 9.95. The van der Waals surface area contributed by atoms with Crippen molar-refractivity contribution in [1.29, 1.82) is 0 Å². The molecular formula is C23H29N5O3. The zero-order valence-corrected chi connectivity index (χ0v) is 18.5. The van der Waals surface area contributed by atoms with Crippen molar-refractivity contribution in [3.05, 3.63) is 41.2 Å². The fraction of sp³-hybridized carbons (Fsp3) is 0.435. The fourth-order valence-electron chi connectivity index (χ4n) is 4.51. The Hall–Kier alpha value is -3.29. The number of anilines is 1. The summed E-state index contributed by atoms with van der Waals surface area (Å²) in [6.07, 6.45) is 6.14. The average molecular weight is 424 g/mol. The molecule has 1 aromatic carbocycles. The van der Waals surface area contributed by atoms with E-state index >= 15 is 0 Å². The lowest BCUT2D eigenvalue weighted by Gasteiger charge is -2.26. The molecule has 8 nitrogen and oxygen atoms in total. The maximum absolute atomic E-state index is 13.0. The number of nitrogens with one attached hydrogen (secondary N) is 2. The minimum atomic E-state index is -0.206. The van der Waals surface area contributed by atoms with Crippen molar-refractivity contribution in [2.24, 2.45) is 0 Å². The second-order valence-corrected chi connectivity index (χ2v) is 7.97. The van der Waals surface area contributed by atoms with E-state index in [-0.39, 0.29) is 11.9 Å². The first kappa shape index (κ1) is 21.0. The van der Waals surface area contributed by atoms with E-state index < -0.39 is 0 Å². The maximum Gasteiger partial charge on any atom is 0.259 e. The number of aryl methyl sites for hydroxylation is 1. The van der Waals surface area contributed by atoms with Crippen molar-refractivity contribution in [3.63, 3.8) is 0 Å². The second-order valence-electron chi connectivity index (χ2n) is 7.97. The molecule has 31 heavy (non-hydrogen) atoms. The topological polar surface area (TPSA) is 94.1 Å². The molecule has 0 saturated heterocycles. The van der Waals surface area contributed by atoms with E-state index in [0.29, 0.717) is 28.9 Å². The zero-order valence-electron chi connectivity index (χ0n) is 18.5. The van der Waals surface area contributed by atoms with Gasteiger partial charge in [-0.05, 0) is 44.9 Å². The number of aromatic nitrogens is 4. The molecule has 1 fully saturated rings. The Morgan fingerprint density at radius 3 is 2.61 bits per heavy atom. The van der Waals surface area contributed by atoms with Crippen molar-refractivity contribution >= 4 is 11.9 Å². The summed E-state index contributed by atoms with van der Waals surface area (Å²) in [4.78, 5) is 17.4. The van der Waals surface area contributed by atoms with Gasteiger partial charge in [0.2, 0.25) is 5.95 Å². The standard InChI is InChI=1S/C23H29N5O3/c1-14-12-19(15(2)28(14)16-8-6-5-7-9-16)22(29)25-23-24-21(26-27-23)18-11-10-17(30-3)13-20(18)31-4/h10-13,16H,5-9H2,1-4H3,(H2,24,25,26,27,29). The van der Waals surface area contributed by atoms with Gasteiger partial charge in [-0.15, -0.1) is 5.10 Å². The molecule has 2 aromatic heterocycles. The Bertz CT molecular complexity index is 1080. The van der Waals surface area contributed by atoms with Gasteiger partial charge in [-0.1, -0.05) is 19.3 Å². The van der Waals surface area contributed by atoms with Gasteiger partial charge in [-0.2, -0.15) is 4.98 Å². The molecule has 0 bridgehead atoms. The third-order valence-corrected chi connectivity index (χ3v) is 6.04. The number of amides is 1. The highest BCUT2D eigenvalue weighted by Crippen LogP contribution is 2.33. The number of rotatable bonds is 6. The molecule has 2 N–H and O–H groups in total. The van der Waals surface area contributed by atoms with Crippen LogP contribution in [0.1, 0.15) is 59.9 Å². The Morgan fingerprint density at radius 2 is 1.90 bits per heavy atom. The molecule has 0 aliphatic heterocycles. The zero-order chi connectivity index (χ0) is 22.0. The van der Waals surface area contributed by atoms with Crippen LogP contribution in [0.2, 0.25) is 0 Å². The molecule has 1 aliphatic rings. The monoisotopic (exact) mass is 423 g/mol. The van der Waals surface area contributed by atoms with E-state index in [9.17, 15) is 4.79 Å². The van der Waals surface area contributed by atoms with Crippen LogP contribution in [0.15, 0.2) is 24.3 Å². The Labute approximate surface area is 182 Å². The Balaban J connectivity index is 1.54. The van der Waals surface area contributed by atoms with Crippen LogP contribution in [0.5, 0.6) is 11.5 Å². The van der Waals surface area contributed by atoms with Crippen molar-refractivity contribution in [2.75, 3.05) is 19.5 Å². The van der Waals surface area contributed by atoms with E-state index in [0.717, 1.165) is 17.0 Å². The number of hydrogen-bond donors (Lipinski definition) is 2. The molecule has 164 valence electrons. The number of carbonyl (C=O) groups excluding carboxylic acids is 1. The summed E-state index contributed by atoms with van der Waals surface area (Å²) < 4.78 is 13.0. The Morgan fingerprint density at radius 1 is 1.13 bits per heavy atom. The van der Waals surface area contributed by atoms with Crippen LogP contribution < -0.4 is 14.8 Å². The van der Waals surface area contributed by atoms with Crippen LogP contribution in [0.4, 0.5) is 5.95 Å². The summed E-state index contributed by atoms with van der Waals surface area (Å²) in [6, 6.07) is 7.86. The summed E-state index contributed by atoms with van der Waals surface area (Å²) in [6.45, 7) is 4.08. The van der Waals surface area contributed by atoms with Gasteiger partial charge in [0.15, 0.2) is 5.82 Å². The van der Waals surface area contributed by atoms with E-state index in [2.05, 4.69) is 32.0 Å². The lowest BCUT2D eigenvalue weighted by Crippen LogP contribution is -2.17. The number of methoxy groups -OCH3 is 2. The van der Waals surface area contributed by atoms with E-state index in [1.165, 1.54) is 32.1 Å². The normalized spacial score (nSPS) is 14.5. The first-order valence-corrected chi connectivity index (χ1v) is 10.7. The van der Waals surface area contributed by atoms with Crippen LogP contribution in [0.25, 0.3) is 11.4 Å². The van der Waals surface area contributed by atoms with Crippen molar-refractivity contribution in [3.8, 4) is 22.9 Å². The van der Waals surface area contributed by atoms with Crippen LogP contribution in [0.3, 0.4) is 0 Å². The summed E-state index contributed by atoms with van der Waals surface area (Å²) in [5.41, 5.74) is 3.51. The van der Waals surface area contributed by atoms with Gasteiger partial charge < -0.3 is 14.0 Å². The highest BCUT2D eigenvalue weighted by atomic mass is 16.5. The predicted octanol–water partition coefficient (Wildman–Crippen LogP) is 4.66. The molecule has 0 spiro atoms. The number of benzene rings is 1. The van der Waals surface area contributed by atoms with Gasteiger partial charge in [0.05, 0.1) is 25.3 Å². The average Bonchev–Trinajstić information content (AvgIpc) is 3.37. The number of ether oxygens (including phenoxy) is 2. The molecule has 2 heterocycles. The first-order valence-electron chi connectivity index (χ1n) is 10.7.